The van der Waals surface area contributed by atoms with E-state index in [-0.39, 0.29) is 6.54 Å². The molecular weight excluding hydrogens is 262 g/mol. The van der Waals surface area contributed by atoms with Gasteiger partial charge in [-0.25, -0.2) is 13.1 Å². The van der Waals surface area contributed by atoms with E-state index >= 15 is 0 Å². The van der Waals surface area contributed by atoms with Gasteiger partial charge >= 0.3 is 0 Å². The van der Waals surface area contributed by atoms with Crippen LogP contribution in [0.3, 0.4) is 0 Å². The Labute approximate surface area is 113 Å². The van der Waals surface area contributed by atoms with E-state index in [0.717, 1.165) is 11.1 Å². The van der Waals surface area contributed by atoms with Crippen LogP contribution in [0.4, 0.5) is 0 Å². The Kier molecular flexibility index (Phi) is 5.53. The normalized spacial score (nSPS) is 12.1. The predicted molar refractivity (Wildman–Crippen MR) is 73.3 cm³/mol. The number of nitriles is 1. The summed E-state index contributed by atoms with van der Waals surface area (Å²) in [5.74, 6) is 5.07. The Morgan fingerprint density at radius 1 is 1.47 bits per heavy atom. The second kappa shape index (κ2) is 6.91. The van der Waals surface area contributed by atoms with Crippen molar-refractivity contribution in [1.29, 1.82) is 5.26 Å². The van der Waals surface area contributed by atoms with Crippen molar-refractivity contribution in [2.45, 2.75) is 13.0 Å². The molecule has 1 atom stereocenters. The molecule has 0 saturated heterocycles. The van der Waals surface area contributed by atoms with Crippen LogP contribution in [0.2, 0.25) is 0 Å². The lowest BCUT2D eigenvalue weighted by Crippen LogP contribution is -2.28. The third-order valence-corrected chi connectivity index (χ3v) is 3.55. The summed E-state index contributed by atoms with van der Waals surface area (Å²) in [7, 11) is -3.58. The van der Waals surface area contributed by atoms with Crippen molar-refractivity contribution in [3.8, 4) is 17.9 Å². The van der Waals surface area contributed by atoms with Crippen LogP contribution in [-0.2, 0) is 10.0 Å². The Hall–Kier alpha value is -1.86. The van der Waals surface area contributed by atoms with Gasteiger partial charge in [0.25, 0.3) is 0 Å². The Bertz CT molecular complexity index is 636. The molecule has 19 heavy (non-hydrogen) atoms. The van der Waals surface area contributed by atoms with E-state index in [1.165, 1.54) is 0 Å². The molecule has 0 saturated carbocycles. The van der Waals surface area contributed by atoms with Gasteiger partial charge in [-0.15, -0.1) is 0 Å². The number of hydrogen-bond acceptors (Lipinski definition) is 4. The van der Waals surface area contributed by atoms with Crippen LogP contribution < -0.4 is 10.5 Å². The lowest BCUT2D eigenvalue weighted by molar-refractivity contribution is 0.570. The van der Waals surface area contributed by atoms with Gasteiger partial charge in [0.2, 0.25) is 10.0 Å². The lowest BCUT2D eigenvalue weighted by atomic mass is 10.1. The largest absolute Gasteiger partial charge is 0.320 e. The zero-order valence-electron chi connectivity index (χ0n) is 10.6. The predicted octanol–water partition coefficient (Wildman–Crippen LogP) is 0.501. The van der Waals surface area contributed by atoms with Crippen molar-refractivity contribution in [1.82, 2.24) is 4.72 Å². The number of nitrogens with one attached hydrogen (secondary N) is 1. The first kappa shape index (κ1) is 15.2. The van der Waals surface area contributed by atoms with E-state index in [4.69, 9.17) is 11.0 Å². The standard InChI is InChI=1S/C13H15N3O2S/c1-11(16-19(17,18)9-8-15)13-6-2-4-12(10-13)5-3-7-14/h2,4,6,10-11,16H,7,9,14H2,1H3. The van der Waals surface area contributed by atoms with Crippen LogP contribution >= 0.6 is 0 Å². The molecule has 0 aromatic heterocycles. The van der Waals surface area contributed by atoms with Crippen LogP contribution in [0.5, 0.6) is 0 Å². The third-order valence-electron chi connectivity index (χ3n) is 2.33. The van der Waals surface area contributed by atoms with Crippen molar-refractivity contribution in [3.63, 3.8) is 0 Å². The molecule has 1 rings (SSSR count). The number of rotatable bonds is 4. The van der Waals surface area contributed by atoms with Gasteiger partial charge in [-0.2, -0.15) is 5.26 Å². The van der Waals surface area contributed by atoms with Gasteiger partial charge in [0, 0.05) is 11.6 Å². The van der Waals surface area contributed by atoms with E-state index < -0.39 is 21.8 Å². The van der Waals surface area contributed by atoms with Gasteiger partial charge < -0.3 is 5.73 Å². The lowest BCUT2D eigenvalue weighted by Gasteiger charge is -2.13. The highest BCUT2D eigenvalue weighted by Crippen LogP contribution is 2.14. The molecule has 5 nitrogen and oxygen atoms in total. The minimum atomic E-state index is -3.58. The molecule has 0 aliphatic rings. The van der Waals surface area contributed by atoms with Gasteiger partial charge in [0.1, 0.15) is 0 Å². The highest BCUT2D eigenvalue weighted by atomic mass is 32.2. The number of benzene rings is 1. The highest BCUT2D eigenvalue weighted by Gasteiger charge is 2.15. The second-order valence-corrected chi connectivity index (χ2v) is 5.64. The molecule has 0 bridgehead atoms. The SMILES string of the molecule is CC(NS(=O)(=O)CC#N)c1cccc(C#CCN)c1. The Balaban J connectivity index is 2.89. The van der Waals surface area contributed by atoms with Crippen molar-refractivity contribution < 1.29 is 8.42 Å². The van der Waals surface area contributed by atoms with Gasteiger partial charge in [-0.05, 0) is 24.6 Å². The van der Waals surface area contributed by atoms with Crippen molar-refractivity contribution >= 4 is 10.0 Å². The summed E-state index contributed by atoms with van der Waals surface area (Å²) in [5, 5.41) is 8.43. The van der Waals surface area contributed by atoms with Crippen molar-refractivity contribution in [2.75, 3.05) is 12.3 Å². The first-order chi connectivity index (χ1) is 8.98. The number of nitrogens with two attached hydrogens (primary N) is 1. The van der Waals surface area contributed by atoms with Crippen LogP contribution in [0, 0.1) is 23.2 Å². The summed E-state index contributed by atoms with van der Waals surface area (Å²) < 4.78 is 25.4. The molecule has 100 valence electrons. The summed E-state index contributed by atoms with van der Waals surface area (Å²) in [4.78, 5) is 0. The molecule has 0 aliphatic heterocycles. The molecular formula is C13H15N3O2S. The first-order valence-electron chi connectivity index (χ1n) is 5.64. The second-order valence-electron chi connectivity index (χ2n) is 3.89. The molecule has 0 fully saturated rings. The van der Waals surface area contributed by atoms with Crippen molar-refractivity contribution in [3.05, 3.63) is 35.4 Å². The van der Waals surface area contributed by atoms with Crippen LogP contribution in [0.15, 0.2) is 24.3 Å². The first-order valence-corrected chi connectivity index (χ1v) is 7.29. The maximum absolute atomic E-state index is 11.5. The molecule has 0 heterocycles. The van der Waals surface area contributed by atoms with Gasteiger partial charge in [0.15, 0.2) is 5.75 Å². The molecule has 1 aromatic rings. The fourth-order valence-corrected chi connectivity index (χ4v) is 2.43. The minimum absolute atomic E-state index is 0.272. The smallest absolute Gasteiger partial charge is 0.225 e. The molecule has 3 N–H and O–H groups in total. The average molecular weight is 277 g/mol. The molecule has 0 aliphatic carbocycles. The maximum atomic E-state index is 11.5. The third kappa shape index (κ3) is 5.11. The molecule has 0 amide bonds. The van der Waals surface area contributed by atoms with Crippen LogP contribution in [-0.4, -0.2) is 20.7 Å². The quantitative estimate of drug-likeness (QED) is 0.783. The summed E-state index contributed by atoms with van der Waals surface area (Å²) in [6.45, 7) is 1.99. The summed E-state index contributed by atoms with van der Waals surface area (Å²) >= 11 is 0. The molecule has 1 unspecified atom stereocenters. The zero-order chi connectivity index (χ0) is 14.3. The number of hydrogen-bond donors (Lipinski definition) is 2. The molecule has 0 radical (unpaired) electrons. The maximum Gasteiger partial charge on any atom is 0.225 e. The highest BCUT2D eigenvalue weighted by molar-refractivity contribution is 7.89. The van der Waals surface area contributed by atoms with E-state index in [0.29, 0.717) is 0 Å². The zero-order valence-corrected chi connectivity index (χ0v) is 11.4. The average Bonchev–Trinajstić information content (AvgIpc) is 2.36. The minimum Gasteiger partial charge on any atom is -0.320 e. The van der Waals surface area contributed by atoms with Gasteiger partial charge in [-0.3, -0.25) is 0 Å². The fraction of sp³-hybridized carbons (Fsp3) is 0.308. The number of sulfonamides is 1. The van der Waals surface area contributed by atoms with Gasteiger partial charge in [-0.1, -0.05) is 24.0 Å². The summed E-state index contributed by atoms with van der Waals surface area (Å²) in [6, 6.07) is 8.41. The summed E-state index contributed by atoms with van der Waals surface area (Å²) in [5.41, 5.74) is 6.85. The summed E-state index contributed by atoms with van der Waals surface area (Å²) in [6.07, 6.45) is 0. The molecule has 1 aromatic carbocycles. The van der Waals surface area contributed by atoms with E-state index in [1.807, 2.05) is 6.07 Å². The van der Waals surface area contributed by atoms with E-state index in [1.54, 1.807) is 31.2 Å². The van der Waals surface area contributed by atoms with Gasteiger partial charge in [0.05, 0.1) is 12.6 Å². The van der Waals surface area contributed by atoms with Crippen LogP contribution in [0.1, 0.15) is 24.1 Å². The van der Waals surface area contributed by atoms with E-state index in [2.05, 4.69) is 16.6 Å². The fourth-order valence-electron chi connectivity index (χ4n) is 1.50. The molecule has 0 spiro atoms. The number of nitrogens with zero attached hydrogens (tertiary/aromatic N) is 1. The molecule has 6 heteroatoms. The topological polar surface area (TPSA) is 96.0 Å². The van der Waals surface area contributed by atoms with E-state index in [9.17, 15) is 8.42 Å². The Morgan fingerprint density at radius 3 is 2.84 bits per heavy atom. The monoisotopic (exact) mass is 277 g/mol. The van der Waals surface area contributed by atoms with Crippen molar-refractivity contribution in [2.24, 2.45) is 5.73 Å². The Morgan fingerprint density at radius 2 is 2.21 bits per heavy atom. The van der Waals surface area contributed by atoms with Crippen LogP contribution in [0.25, 0.3) is 0 Å².